The summed E-state index contributed by atoms with van der Waals surface area (Å²) in [5.41, 5.74) is 0. The van der Waals surface area contributed by atoms with Crippen molar-refractivity contribution in [3.05, 3.63) is 0 Å². The lowest BCUT2D eigenvalue weighted by Crippen LogP contribution is -2.53. The second-order valence-corrected chi connectivity index (χ2v) is 6.47. The van der Waals surface area contributed by atoms with E-state index in [1.165, 1.54) is 0 Å². The van der Waals surface area contributed by atoms with Crippen molar-refractivity contribution >= 4 is 12.0 Å². The highest BCUT2D eigenvalue weighted by molar-refractivity contribution is 5.77. The van der Waals surface area contributed by atoms with Gasteiger partial charge in [0.2, 0.25) is 0 Å². The molecule has 2 rings (SSSR count). The summed E-state index contributed by atoms with van der Waals surface area (Å²) in [5.74, 6) is -0.0407. The fourth-order valence-corrected chi connectivity index (χ4v) is 3.30. The van der Waals surface area contributed by atoms with E-state index in [2.05, 4.69) is 19.2 Å². The van der Waals surface area contributed by atoms with Crippen molar-refractivity contribution < 1.29 is 14.7 Å². The van der Waals surface area contributed by atoms with Gasteiger partial charge in [-0.1, -0.05) is 26.7 Å². The van der Waals surface area contributed by atoms with Crippen LogP contribution in [0.4, 0.5) is 4.79 Å². The number of nitrogens with one attached hydrogen (secondary N) is 1. The first kappa shape index (κ1) is 15.1. The number of urea groups is 1. The summed E-state index contributed by atoms with van der Waals surface area (Å²) in [6.07, 6.45) is 4.43. The third kappa shape index (κ3) is 3.44. The molecule has 0 radical (unpaired) electrons. The molecule has 2 aliphatic rings. The Labute approximate surface area is 120 Å². The highest BCUT2D eigenvalue weighted by Crippen LogP contribution is 2.26. The van der Waals surface area contributed by atoms with Crippen LogP contribution >= 0.6 is 0 Å². The molecule has 114 valence electrons. The van der Waals surface area contributed by atoms with E-state index >= 15 is 0 Å². The van der Waals surface area contributed by atoms with Gasteiger partial charge in [-0.15, -0.1) is 0 Å². The quantitative estimate of drug-likeness (QED) is 0.816. The minimum absolute atomic E-state index is 0.0816. The lowest BCUT2D eigenvalue weighted by Gasteiger charge is -2.37. The van der Waals surface area contributed by atoms with Gasteiger partial charge in [-0.05, 0) is 31.1 Å². The molecule has 5 nitrogen and oxygen atoms in total. The molecule has 1 saturated heterocycles. The number of carboxylic acid groups (broad SMARTS) is 1. The highest BCUT2D eigenvalue weighted by Gasteiger charge is 2.34. The number of likely N-dealkylation sites (tertiary alicyclic amines) is 1. The summed E-state index contributed by atoms with van der Waals surface area (Å²) in [7, 11) is 0. The second-order valence-electron chi connectivity index (χ2n) is 6.47. The van der Waals surface area contributed by atoms with Gasteiger partial charge in [0.25, 0.3) is 0 Å². The minimum atomic E-state index is -0.782. The molecule has 2 N–H and O–H groups in total. The first-order valence-corrected chi connectivity index (χ1v) is 7.77. The van der Waals surface area contributed by atoms with Crippen molar-refractivity contribution in [3.63, 3.8) is 0 Å². The Hall–Kier alpha value is -1.26. The molecule has 0 aromatic rings. The van der Waals surface area contributed by atoms with E-state index in [0.29, 0.717) is 18.3 Å². The lowest BCUT2D eigenvalue weighted by molar-refractivity contribution is -0.143. The van der Waals surface area contributed by atoms with Crippen molar-refractivity contribution in [2.24, 2.45) is 17.8 Å². The maximum Gasteiger partial charge on any atom is 0.317 e. The summed E-state index contributed by atoms with van der Waals surface area (Å²) >= 11 is 0. The number of rotatable bonds is 2. The molecule has 4 atom stereocenters. The molecule has 0 spiro atoms. The van der Waals surface area contributed by atoms with E-state index in [0.717, 1.165) is 38.8 Å². The number of amides is 2. The predicted molar refractivity (Wildman–Crippen MR) is 76.4 cm³/mol. The molecule has 1 saturated carbocycles. The fraction of sp³-hybridized carbons (Fsp3) is 0.867. The van der Waals surface area contributed by atoms with Crippen molar-refractivity contribution in [2.45, 2.75) is 52.0 Å². The summed E-state index contributed by atoms with van der Waals surface area (Å²) in [6.45, 7) is 5.95. The molecule has 5 heteroatoms. The normalized spacial score (nSPS) is 34.6. The van der Waals surface area contributed by atoms with Crippen LogP contribution in [0.3, 0.4) is 0 Å². The third-order valence-corrected chi connectivity index (χ3v) is 5.01. The first-order valence-electron chi connectivity index (χ1n) is 7.77. The Bertz CT molecular complexity index is 372. The fourth-order valence-electron chi connectivity index (χ4n) is 3.30. The molecular weight excluding hydrogens is 256 g/mol. The van der Waals surface area contributed by atoms with Crippen LogP contribution in [0, 0.1) is 17.8 Å². The Morgan fingerprint density at radius 2 is 1.80 bits per heavy atom. The minimum Gasteiger partial charge on any atom is -0.481 e. The van der Waals surface area contributed by atoms with Crippen LogP contribution in [0.25, 0.3) is 0 Å². The predicted octanol–water partition coefficient (Wildman–Crippen LogP) is 2.32. The summed E-state index contributed by atoms with van der Waals surface area (Å²) in [4.78, 5) is 25.4. The molecule has 1 aliphatic heterocycles. The van der Waals surface area contributed by atoms with Crippen LogP contribution in [0.2, 0.25) is 0 Å². The Morgan fingerprint density at radius 1 is 1.10 bits per heavy atom. The summed E-state index contributed by atoms with van der Waals surface area (Å²) < 4.78 is 0. The van der Waals surface area contributed by atoms with Crippen molar-refractivity contribution in [1.82, 2.24) is 10.2 Å². The number of carbonyl (C=O) groups excluding carboxylic acids is 1. The highest BCUT2D eigenvalue weighted by atomic mass is 16.4. The van der Waals surface area contributed by atoms with Crippen LogP contribution < -0.4 is 5.32 Å². The van der Waals surface area contributed by atoms with Gasteiger partial charge < -0.3 is 15.3 Å². The number of carboxylic acids is 1. The Balaban J connectivity index is 1.91. The molecule has 4 unspecified atom stereocenters. The lowest BCUT2D eigenvalue weighted by atomic mass is 9.84. The second kappa shape index (κ2) is 6.46. The zero-order valence-electron chi connectivity index (χ0n) is 12.5. The number of piperidine rings is 1. The van der Waals surface area contributed by atoms with E-state index < -0.39 is 11.9 Å². The largest absolute Gasteiger partial charge is 0.481 e. The van der Waals surface area contributed by atoms with Gasteiger partial charge in [0.1, 0.15) is 0 Å². The van der Waals surface area contributed by atoms with Crippen LogP contribution in [0.15, 0.2) is 0 Å². The van der Waals surface area contributed by atoms with Crippen LogP contribution in [0.1, 0.15) is 46.0 Å². The van der Waals surface area contributed by atoms with Gasteiger partial charge in [-0.25, -0.2) is 4.79 Å². The van der Waals surface area contributed by atoms with E-state index in [9.17, 15) is 14.7 Å². The standard InChI is InChI=1S/C15H26N2O3/c1-10-7-8-17(9-11(10)2)15(20)16-13-6-4-3-5-12(13)14(18)19/h10-13H,3-9H2,1-2H3,(H,16,20)(H,18,19). The summed E-state index contributed by atoms with van der Waals surface area (Å²) in [5, 5.41) is 12.2. The van der Waals surface area contributed by atoms with Gasteiger partial charge >= 0.3 is 12.0 Å². The molecule has 1 heterocycles. The van der Waals surface area contributed by atoms with Crippen LogP contribution in [0.5, 0.6) is 0 Å². The molecule has 0 bridgehead atoms. The van der Waals surface area contributed by atoms with Crippen LogP contribution in [-0.4, -0.2) is 41.1 Å². The Kier molecular flexibility index (Phi) is 4.89. The molecule has 0 aromatic carbocycles. The molecule has 1 aliphatic carbocycles. The SMILES string of the molecule is CC1CCN(C(=O)NC2CCCCC2C(=O)O)CC1C. The maximum atomic E-state index is 12.3. The zero-order valence-corrected chi connectivity index (χ0v) is 12.5. The summed E-state index contributed by atoms with van der Waals surface area (Å²) in [6, 6.07) is -0.287. The maximum absolute atomic E-state index is 12.3. The van der Waals surface area contributed by atoms with E-state index in [-0.39, 0.29) is 12.1 Å². The Morgan fingerprint density at radius 3 is 2.45 bits per heavy atom. The van der Waals surface area contributed by atoms with Gasteiger partial charge in [0.05, 0.1) is 5.92 Å². The van der Waals surface area contributed by atoms with Gasteiger partial charge in [-0.2, -0.15) is 0 Å². The van der Waals surface area contributed by atoms with Gasteiger partial charge in [-0.3, -0.25) is 4.79 Å². The zero-order chi connectivity index (χ0) is 14.7. The average Bonchev–Trinajstić information content (AvgIpc) is 2.42. The number of aliphatic carboxylic acids is 1. The van der Waals surface area contributed by atoms with Crippen molar-refractivity contribution in [2.75, 3.05) is 13.1 Å². The number of nitrogens with zero attached hydrogens (tertiary/aromatic N) is 1. The smallest absolute Gasteiger partial charge is 0.317 e. The van der Waals surface area contributed by atoms with Gasteiger partial charge in [0.15, 0.2) is 0 Å². The molecular formula is C15H26N2O3. The van der Waals surface area contributed by atoms with Crippen molar-refractivity contribution in [3.8, 4) is 0 Å². The first-order chi connectivity index (χ1) is 9.49. The topological polar surface area (TPSA) is 69.6 Å². The number of hydrogen-bond donors (Lipinski definition) is 2. The van der Waals surface area contributed by atoms with E-state index in [4.69, 9.17) is 0 Å². The average molecular weight is 282 g/mol. The molecule has 2 amide bonds. The molecule has 2 fully saturated rings. The number of hydrogen-bond acceptors (Lipinski definition) is 2. The number of carbonyl (C=O) groups is 2. The van der Waals surface area contributed by atoms with Crippen LogP contribution in [-0.2, 0) is 4.79 Å². The monoisotopic (exact) mass is 282 g/mol. The third-order valence-electron chi connectivity index (χ3n) is 5.01. The van der Waals surface area contributed by atoms with Gasteiger partial charge in [0, 0.05) is 19.1 Å². The van der Waals surface area contributed by atoms with E-state index in [1.807, 2.05) is 4.90 Å². The van der Waals surface area contributed by atoms with E-state index in [1.54, 1.807) is 0 Å². The molecule has 20 heavy (non-hydrogen) atoms. The van der Waals surface area contributed by atoms with Crippen molar-refractivity contribution in [1.29, 1.82) is 0 Å². The molecule has 0 aromatic heterocycles.